The summed E-state index contributed by atoms with van der Waals surface area (Å²) in [6.45, 7) is 8.71. The molecule has 0 bridgehead atoms. The molecule has 2 rings (SSSR count). The molecule has 6 heteroatoms. The lowest BCUT2D eigenvalue weighted by Gasteiger charge is -2.23. The van der Waals surface area contributed by atoms with Gasteiger partial charge in [-0.3, -0.25) is 14.4 Å². The molecule has 0 radical (unpaired) electrons. The second-order valence-electron chi connectivity index (χ2n) is 5.26. The largest absolute Gasteiger partial charge is 0.465 e. The number of carbonyl (C=O) groups excluding carboxylic acids is 1. The maximum Gasteiger partial charge on any atom is 0.323 e. The average Bonchev–Trinajstić information content (AvgIpc) is 3.05. The fraction of sp³-hybridized carbons (Fsp3) is 0.733. The monoisotopic (exact) mass is 313 g/mol. The van der Waals surface area contributed by atoms with E-state index < -0.39 is 0 Å². The second-order valence-corrected chi connectivity index (χ2v) is 5.64. The van der Waals surface area contributed by atoms with Gasteiger partial charge in [-0.2, -0.15) is 5.10 Å². The van der Waals surface area contributed by atoms with Gasteiger partial charge in [-0.15, -0.1) is 0 Å². The molecule has 1 aliphatic rings. The highest BCUT2D eigenvalue weighted by atomic mass is 35.5. The molecule has 0 aliphatic carbocycles. The normalized spacial score (nSPS) is 19.1. The minimum Gasteiger partial charge on any atom is -0.465 e. The van der Waals surface area contributed by atoms with Crippen LogP contribution in [-0.4, -0.2) is 39.8 Å². The third-order valence-electron chi connectivity index (χ3n) is 3.97. The molecule has 1 saturated heterocycles. The lowest BCUT2D eigenvalue weighted by molar-refractivity contribution is -0.148. The first-order valence-corrected chi connectivity index (χ1v) is 8.14. The molecule has 21 heavy (non-hydrogen) atoms. The lowest BCUT2D eigenvalue weighted by atomic mass is 10.2. The fourth-order valence-electron chi connectivity index (χ4n) is 2.88. The summed E-state index contributed by atoms with van der Waals surface area (Å²) in [5.41, 5.74) is 1.94. The first kappa shape index (κ1) is 16.3. The van der Waals surface area contributed by atoms with Crippen molar-refractivity contribution in [1.82, 2.24) is 14.7 Å². The van der Waals surface area contributed by atoms with Gasteiger partial charge in [0.05, 0.1) is 23.0 Å². The molecule has 0 spiro atoms. The van der Waals surface area contributed by atoms with Crippen LogP contribution in [0, 0.1) is 0 Å². The van der Waals surface area contributed by atoms with Crippen molar-refractivity contribution < 1.29 is 9.53 Å². The number of aromatic nitrogens is 2. The van der Waals surface area contributed by atoms with Crippen molar-refractivity contribution >= 4 is 17.6 Å². The zero-order chi connectivity index (χ0) is 15.4. The summed E-state index contributed by atoms with van der Waals surface area (Å²) >= 11 is 6.45. The third kappa shape index (κ3) is 3.40. The summed E-state index contributed by atoms with van der Waals surface area (Å²) in [5, 5.41) is 5.28. The summed E-state index contributed by atoms with van der Waals surface area (Å²) < 4.78 is 7.12. The molecule has 2 heterocycles. The third-order valence-corrected chi connectivity index (χ3v) is 4.41. The Hall–Kier alpha value is -1.07. The molecule has 0 amide bonds. The molecule has 0 saturated carbocycles. The maximum atomic E-state index is 12.0. The minimum atomic E-state index is -0.147. The van der Waals surface area contributed by atoms with Crippen LogP contribution in [0.2, 0.25) is 5.02 Å². The van der Waals surface area contributed by atoms with E-state index in [4.69, 9.17) is 16.3 Å². The molecule has 1 aromatic heterocycles. The van der Waals surface area contributed by atoms with Gasteiger partial charge in [0, 0.05) is 13.1 Å². The number of carbonyl (C=O) groups is 1. The highest BCUT2D eigenvalue weighted by molar-refractivity contribution is 6.31. The Morgan fingerprint density at radius 3 is 2.81 bits per heavy atom. The van der Waals surface area contributed by atoms with Crippen molar-refractivity contribution in [1.29, 1.82) is 0 Å². The molecule has 0 aromatic carbocycles. The molecular formula is C15H24ClN3O2. The van der Waals surface area contributed by atoms with Crippen molar-refractivity contribution in [2.24, 2.45) is 0 Å². The quantitative estimate of drug-likeness (QED) is 0.758. The predicted octanol–water partition coefficient (Wildman–Crippen LogP) is 2.65. The van der Waals surface area contributed by atoms with E-state index in [9.17, 15) is 4.79 Å². The van der Waals surface area contributed by atoms with E-state index in [2.05, 4.69) is 23.8 Å². The van der Waals surface area contributed by atoms with Crippen molar-refractivity contribution in [2.75, 3.05) is 13.2 Å². The van der Waals surface area contributed by atoms with Crippen molar-refractivity contribution in [3.63, 3.8) is 0 Å². The molecule has 0 N–H and O–H groups in total. The fourth-order valence-corrected chi connectivity index (χ4v) is 3.21. The van der Waals surface area contributed by atoms with Crippen molar-refractivity contribution in [3.8, 4) is 0 Å². The van der Waals surface area contributed by atoms with Gasteiger partial charge in [-0.25, -0.2) is 0 Å². The van der Waals surface area contributed by atoms with E-state index in [-0.39, 0.29) is 12.0 Å². The van der Waals surface area contributed by atoms with E-state index in [0.717, 1.165) is 48.8 Å². The number of aryl methyl sites for hydroxylation is 2. The number of esters is 1. The Labute approximate surface area is 131 Å². The number of nitrogens with zero attached hydrogens (tertiary/aromatic N) is 3. The number of hydrogen-bond donors (Lipinski definition) is 0. The number of ether oxygens (including phenoxy) is 1. The van der Waals surface area contributed by atoms with Gasteiger partial charge in [-0.05, 0) is 39.7 Å². The summed E-state index contributed by atoms with van der Waals surface area (Å²) in [6.07, 6.45) is 2.69. The van der Waals surface area contributed by atoms with Crippen LogP contribution in [0.1, 0.15) is 45.0 Å². The smallest absolute Gasteiger partial charge is 0.323 e. The van der Waals surface area contributed by atoms with Crippen LogP contribution in [0.25, 0.3) is 0 Å². The molecule has 1 atom stereocenters. The number of hydrogen-bond acceptors (Lipinski definition) is 4. The van der Waals surface area contributed by atoms with Crippen molar-refractivity contribution in [2.45, 2.75) is 59.2 Å². The second kappa shape index (κ2) is 7.27. The van der Waals surface area contributed by atoms with Crippen LogP contribution >= 0.6 is 11.6 Å². The van der Waals surface area contributed by atoms with Crippen LogP contribution in [0.15, 0.2) is 0 Å². The van der Waals surface area contributed by atoms with Crippen molar-refractivity contribution in [3.05, 3.63) is 16.4 Å². The molecule has 1 aliphatic heterocycles. The number of likely N-dealkylation sites (tertiary alicyclic amines) is 1. The van der Waals surface area contributed by atoms with E-state index in [1.165, 1.54) is 0 Å². The first-order chi connectivity index (χ1) is 10.1. The number of halogens is 1. The molecular weight excluding hydrogens is 290 g/mol. The predicted molar refractivity (Wildman–Crippen MR) is 82.4 cm³/mol. The highest BCUT2D eigenvalue weighted by Crippen LogP contribution is 2.27. The Morgan fingerprint density at radius 1 is 1.43 bits per heavy atom. The van der Waals surface area contributed by atoms with E-state index in [0.29, 0.717) is 13.2 Å². The molecule has 1 aromatic rings. The molecule has 1 fully saturated rings. The van der Waals surface area contributed by atoms with Crippen LogP contribution in [0.4, 0.5) is 0 Å². The molecule has 1 unspecified atom stereocenters. The Bertz CT molecular complexity index is 501. The van der Waals surface area contributed by atoms with E-state index in [1.54, 1.807) is 0 Å². The molecule has 118 valence electrons. The van der Waals surface area contributed by atoms with Gasteiger partial charge in [-0.1, -0.05) is 18.5 Å². The summed E-state index contributed by atoms with van der Waals surface area (Å²) in [6, 6.07) is -0.147. The summed E-state index contributed by atoms with van der Waals surface area (Å²) in [4.78, 5) is 14.2. The maximum absolute atomic E-state index is 12.0. The number of rotatable bonds is 6. The Morgan fingerprint density at radius 2 is 2.19 bits per heavy atom. The van der Waals surface area contributed by atoms with Gasteiger partial charge in [0.2, 0.25) is 0 Å². The topological polar surface area (TPSA) is 47.4 Å². The van der Waals surface area contributed by atoms with E-state index >= 15 is 0 Å². The standard InChI is InChI=1S/C15H24ClN3O2/c1-4-11-14(16)13(19(5-2)17-11)10-18-9-7-8-12(18)15(20)21-6-3/h12H,4-10H2,1-3H3. The SMILES string of the molecule is CCOC(=O)C1CCCN1Cc1c(Cl)c(CC)nn1CC. The van der Waals surface area contributed by atoms with Gasteiger partial charge in [0.15, 0.2) is 0 Å². The van der Waals surface area contributed by atoms with E-state index in [1.807, 2.05) is 11.6 Å². The van der Waals surface area contributed by atoms with Gasteiger partial charge in [0.1, 0.15) is 6.04 Å². The zero-order valence-corrected chi connectivity index (χ0v) is 13.8. The average molecular weight is 314 g/mol. The van der Waals surface area contributed by atoms with Gasteiger partial charge in [0.25, 0.3) is 0 Å². The van der Waals surface area contributed by atoms with Gasteiger partial charge >= 0.3 is 5.97 Å². The Balaban J connectivity index is 2.17. The minimum absolute atomic E-state index is 0.121. The van der Waals surface area contributed by atoms with Gasteiger partial charge < -0.3 is 4.74 Å². The van der Waals surface area contributed by atoms with Crippen LogP contribution in [-0.2, 0) is 29.0 Å². The summed E-state index contributed by atoms with van der Waals surface area (Å²) in [5.74, 6) is -0.121. The van der Waals surface area contributed by atoms with Crippen LogP contribution in [0.5, 0.6) is 0 Å². The summed E-state index contributed by atoms with van der Waals surface area (Å²) in [7, 11) is 0. The Kier molecular flexibility index (Phi) is 5.65. The lowest BCUT2D eigenvalue weighted by Crippen LogP contribution is -2.37. The zero-order valence-electron chi connectivity index (χ0n) is 13.1. The first-order valence-electron chi connectivity index (χ1n) is 7.77. The molecule has 5 nitrogen and oxygen atoms in total. The van der Waals surface area contributed by atoms with Crippen LogP contribution in [0.3, 0.4) is 0 Å². The highest BCUT2D eigenvalue weighted by Gasteiger charge is 2.33. The van der Waals surface area contributed by atoms with Crippen LogP contribution < -0.4 is 0 Å².